The van der Waals surface area contributed by atoms with Crippen LogP contribution in [0.25, 0.3) is 0 Å². The minimum Gasteiger partial charge on any atom is -0.466 e. The molecule has 2 N–H and O–H groups in total. The maximum Gasteiger partial charge on any atom is 0.338 e. The smallest absolute Gasteiger partial charge is 0.338 e. The molecule has 1 heterocycles. The number of amides is 2. The number of hydrogen-bond donors (Lipinski definition) is 2. The molecule has 0 aromatic heterocycles. The summed E-state index contributed by atoms with van der Waals surface area (Å²) in [6.45, 7) is 3.93. The summed E-state index contributed by atoms with van der Waals surface area (Å²) in [6, 6.07) is 10.9. The Morgan fingerprint density at radius 1 is 1.18 bits per heavy atom. The highest BCUT2D eigenvalue weighted by Gasteiger charge is 2.34. The average molecular weight is 400 g/mol. The van der Waals surface area contributed by atoms with E-state index in [0.717, 1.165) is 21.6 Å². The maximum atomic E-state index is 13.1. The highest BCUT2D eigenvalue weighted by Crippen LogP contribution is 2.32. The molecule has 0 spiro atoms. The zero-order valence-corrected chi connectivity index (χ0v) is 16.7. The Morgan fingerprint density at radius 3 is 2.54 bits per heavy atom. The van der Waals surface area contributed by atoms with Crippen LogP contribution in [0.15, 0.2) is 58.6 Å². The van der Waals surface area contributed by atoms with Crippen molar-refractivity contribution in [1.82, 2.24) is 10.6 Å². The average Bonchev–Trinajstić information content (AvgIpc) is 2.66. The van der Waals surface area contributed by atoms with Gasteiger partial charge in [0.25, 0.3) is 0 Å². The fraction of sp³-hybridized carbons (Fsp3) is 0.238. The standard InChI is InChI=1S/C21H21FN2O3S/c1-12-4-9-16(13(2)10-12)19-18(20(25)27-3)17(23-21(26)24-19)11-28-15-7-5-14(22)6-8-15/h4-10,19H,11H2,1-3H3,(H2,23,24,26)/t19-/m1/s1. The van der Waals surface area contributed by atoms with E-state index in [1.54, 1.807) is 12.1 Å². The van der Waals surface area contributed by atoms with E-state index in [0.29, 0.717) is 17.0 Å². The predicted molar refractivity (Wildman–Crippen MR) is 106 cm³/mol. The summed E-state index contributed by atoms with van der Waals surface area (Å²) in [5, 5.41) is 5.55. The van der Waals surface area contributed by atoms with E-state index < -0.39 is 12.0 Å². The molecule has 2 aromatic rings. The minimum atomic E-state index is -0.606. The number of carbonyl (C=O) groups is 2. The number of hydrogen-bond acceptors (Lipinski definition) is 4. The second-order valence-corrected chi connectivity index (χ2v) is 7.57. The van der Waals surface area contributed by atoms with Gasteiger partial charge in [0, 0.05) is 16.3 Å². The SMILES string of the molecule is COC(=O)C1=C(CSc2ccc(F)cc2)NC(=O)N[C@@H]1c1ccc(C)cc1C. The van der Waals surface area contributed by atoms with Crippen LogP contribution in [0.3, 0.4) is 0 Å². The Balaban J connectivity index is 1.98. The van der Waals surface area contributed by atoms with Gasteiger partial charge in [0.1, 0.15) is 5.82 Å². The highest BCUT2D eigenvalue weighted by molar-refractivity contribution is 7.99. The van der Waals surface area contributed by atoms with Crippen molar-refractivity contribution in [2.45, 2.75) is 24.8 Å². The molecule has 0 saturated carbocycles. The normalized spacial score (nSPS) is 16.4. The van der Waals surface area contributed by atoms with Gasteiger partial charge in [0.05, 0.1) is 18.7 Å². The summed E-state index contributed by atoms with van der Waals surface area (Å²) in [4.78, 5) is 25.7. The van der Waals surface area contributed by atoms with Crippen LogP contribution < -0.4 is 10.6 Å². The second-order valence-electron chi connectivity index (χ2n) is 6.52. The first-order valence-electron chi connectivity index (χ1n) is 8.73. The van der Waals surface area contributed by atoms with Crippen LogP contribution in [0.5, 0.6) is 0 Å². The van der Waals surface area contributed by atoms with Crippen molar-refractivity contribution in [3.8, 4) is 0 Å². The van der Waals surface area contributed by atoms with Gasteiger partial charge in [-0.2, -0.15) is 0 Å². The predicted octanol–water partition coefficient (Wildman–Crippen LogP) is 4.02. The maximum absolute atomic E-state index is 13.1. The number of urea groups is 1. The van der Waals surface area contributed by atoms with E-state index in [-0.39, 0.29) is 11.8 Å². The molecule has 0 saturated heterocycles. The zero-order chi connectivity index (χ0) is 20.3. The van der Waals surface area contributed by atoms with Crippen LogP contribution in [0.4, 0.5) is 9.18 Å². The molecule has 0 fully saturated rings. The van der Waals surface area contributed by atoms with Crippen molar-refractivity contribution in [3.05, 3.63) is 76.2 Å². The van der Waals surface area contributed by atoms with Crippen LogP contribution in [0.2, 0.25) is 0 Å². The molecule has 146 valence electrons. The Morgan fingerprint density at radius 2 is 1.89 bits per heavy atom. The second kappa shape index (κ2) is 8.48. The molecule has 0 unspecified atom stereocenters. The number of methoxy groups -OCH3 is 1. The van der Waals surface area contributed by atoms with Gasteiger partial charge in [-0.1, -0.05) is 23.8 Å². The summed E-state index contributed by atoms with van der Waals surface area (Å²) >= 11 is 1.40. The summed E-state index contributed by atoms with van der Waals surface area (Å²) < 4.78 is 18.1. The fourth-order valence-electron chi connectivity index (χ4n) is 3.15. The van der Waals surface area contributed by atoms with Gasteiger partial charge < -0.3 is 15.4 Å². The Bertz CT molecular complexity index is 941. The summed E-state index contributed by atoms with van der Waals surface area (Å²) in [5.41, 5.74) is 3.75. The molecule has 0 radical (unpaired) electrons. The van der Waals surface area contributed by atoms with Gasteiger partial charge >= 0.3 is 12.0 Å². The Kier molecular flexibility index (Phi) is 6.04. The summed E-state index contributed by atoms with van der Waals surface area (Å²) in [6.07, 6.45) is 0. The number of ether oxygens (including phenoxy) is 1. The number of halogens is 1. The van der Waals surface area contributed by atoms with Gasteiger partial charge in [-0.05, 0) is 49.2 Å². The molecule has 28 heavy (non-hydrogen) atoms. The lowest BCUT2D eigenvalue weighted by atomic mass is 9.91. The summed E-state index contributed by atoms with van der Waals surface area (Å²) in [7, 11) is 1.32. The van der Waals surface area contributed by atoms with Crippen molar-refractivity contribution >= 4 is 23.8 Å². The van der Waals surface area contributed by atoms with E-state index in [1.165, 1.54) is 31.0 Å². The molecule has 1 aliphatic rings. The molecule has 2 aromatic carbocycles. The van der Waals surface area contributed by atoms with Crippen LogP contribution in [0.1, 0.15) is 22.7 Å². The Labute approximate surface area is 167 Å². The Hall–Kier alpha value is -2.80. The third-order valence-electron chi connectivity index (χ3n) is 4.49. The molecule has 0 bridgehead atoms. The molecule has 1 atom stereocenters. The van der Waals surface area contributed by atoms with Crippen molar-refractivity contribution in [1.29, 1.82) is 0 Å². The monoisotopic (exact) mass is 400 g/mol. The number of nitrogens with one attached hydrogen (secondary N) is 2. The molecular weight excluding hydrogens is 379 g/mol. The first-order chi connectivity index (χ1) is 13.4. The molecule has 5 nitrogen and oxygen atoms in total. The van der Waals surface area contributed by atoms with E-state index in [2.05, 4.69) is 10.6 Å². The van der Waals surface area contributed by atoms with E-state index in [9.17, 15) is 14.0 Å². The number of rotatable bonds is 5. The van der Waals surface area contributed by atoms with Crippen molar-refractivity contribution in [2.24, 2.45) is 0 Å². The molecular formula is C21H21FN2O3S. The minimum absolute atomic E-state index is 0.316. The lowest BCUT2D eigenvalue weighted by Crippen LogP contribution is -2.46. The van der Waals surface area contributed by atoms with Gasteiger partial charge in [0.2, 0.25) is 0 Å². The van der Waals surface area contributed by atoms with Crippen LogP contribution in [-0.2, 0) is 9.53 Å². The lowest BCUT2D eigenvalue weighted by molar-refractivity contribution is -0.136. The first kappa shape index (κ1) is 19.9. The number of aryl methyl sites for hydroxylation is 2. The largest absolute Gasteiger partial charge is 0.466 e. The van der Waals surface area contributed by atoms with E-state index in [1.807, 2.05) is 32.0 Å². The molecule has 3 rings (SSSR count). The van der Waals surface area contributed by atoms with Gasteiger partial charge in [-0.25, -0.2) is 14.0 Å². The molecule has 1 aliphatic heterocycles. The van der Waals surface area contributed by atoms with Crippen molar-refractivity contribution in [3.63, 3.8) is 0 Å². The summed E-state index contributed by atoms with van der Waals surface area (Å²) in [5.74, 6) is -0.485. The molecule has 7 heteroatoms. The van der Waals surface area contributed by atoms with E-state index in [4.69, 9.17) is 4.74 Å². The lowest BCUT2D eigenvalue weighted by Gasteiger charge is -2.30. The van der Waals surface area contributed by atoms with Crippen LogP contribution in [-0.4, -0.2) is 24.9 Å². The molecule has 0 aliphatic carbocycles. The number of carbonyl (C=O) groups excluding carboxylic acids is 2. The van der Waals surface area contributed by atoms with Crippen LogP contribution >= 0.6 is 11.8 Å². The number of thioether (sulfide) groups is 1. The zero-order valence-electron chi connectivity index (χ0n) is 15.8. The molecule has 2 amide bonds. The van der Waals surface area contributed by atoms with Crippen molar-refractivity contribution in [2.75, 3.05) is 12.9 Å². The van der Waals surface area contributed by atoms with Crippen LogP contribution in [0, 0.1) is 19.7 Å². The first-order valence-corrected chi connectivity index (χ1v) is 9.72. The van der Waals surface area contributed by atoms with Gasteiger partial charge in [0.15, 0.2) is 0 Å². The number of benzene rings is 2. The third kappa shape index (κ3) is 4.36. The highest BCUT2D eigenvalue weighted by atomic mass is 32.2. The fourth-order valence-corrected chi connectivity index (χ4v) is 4.02. The third-order valence-corrected chi connectivity index (χ3v) is 5.53. The van der Waals surface area contributed by atoms with Gasteiger partial charge in [-0.15, -0.1) is 11.8 Å². The van der Waals surface area contributed by atoms with Gasteiger partial charge in [-0.3, -0.25) is 0 Å². The quantitative estimate of drug-likeness (QED) is 0.588. The topological polar surface area (TPSA) is 67.4 Å². The van der Waals surface area contributed by atoms with Crippen molar-refractivity contribution < 1.29 is 18.7 Å². The number of esters is 1. The van der Waals surface area contributed by atoms with E-state index >= 15 is 0 Å².